The van der Waals surface area contributed by atoms with E-state index in [9.17, 15) is 18.0 Å². The summed E-state index contributed by atoms with van der Waals surface area (Å²) in [5.41, 5.74) is 5.51. The molecule has 42 heavy (non-hydrogen) atoms. The SMILES string of the molecule is CC[C@@H](C)NC(=O)[C@@H](Cc1ccccc1)N(Cc1ccc(C)cc1)C(=O)CCCN(c1cccc(C)c1C)S(C)(=O)=O. The van der Waals surface area contributed by atoms with Crippen molar-refractivity contribution in [2.24, 2.45) is 0 Å². The Kier molecular flexibility index (Phi) is 11.7. The van der Waals surface area contributed by atoms with Gasteiger partial charge in [0.2, 0.25) is 21.8 Å². The van der Waals surface area contributed by atoms with Gasteiger partial charge < -0.3 is 10.2 Å². The molecule has 3 aromatic carbocycles. The van der Waals surface area contributed by atoms with Crippen molar-refractivity contribution in [1.82, 2.24) is 10.2 Å². The number of anilines is 1. The maximum atomic E-state index is 14.0. The van der Waals surface area contributed by atoms with E-state index in [1.807, 2.05) is 101 Å². The van der Waals surface area contributed by atoms with Crippen molar-refractivity contribution in [2.75, 3.05) is 17.1 Å². The molecule has 226 valence electrons. The normalized spacial score (nSPS) is 12.8. The number of carbonyl (C=O) groups is 2. The zero-order chi connectivity index (χ0) is 30.9. The minimum absolute atomic E-state index is 0.0343. The van der Waals surface area contributed by atoms with Crippen molar-refractivity contribution in [3.8, 4) is 0 Å². The summed E-state index contributed by atoms with van der Waals surface area (Å²) in [5.74, 6) is -0.382. The summed E-state index contributed by atoms with van der Waals surface area (Å²) in [5, 5.41) is 3.09. The van der Waals surface area contributed by atoms with E-state index in [1.54, 1.807) is 11.0 Å². The van der Waals surface area contributed by atoms with Gasteiger partial charge in [-0.05, 0) is 68.9 Å². The molecule has 0 bridgehead atoms. The van der Waals surface area contributed by atoms with Crippen LogP contribution in [0.3, 0.4) is 0 Å². The lowest BCUT2D eigenvalue weighted by molar-refractivity contribution is -0.141. The number of sulfonamides is 1. The molecule has 0 aromatic heterocycles. The van der Waals surface area contributed by atoms with Crippen LogP contribution in [0.2, 0.25) is 0 Å². The number of hydrogen-bond donors (Lipinski definition) is 1. The predicted octanol–water partition coefficient (Wildman–Crippen LogP) is 5.71. The largest absolute Gasteiger partial charge is 0.352 e. The second-order valence-corrected chi connectivity index (χ2v) is 13.1. The Labute approximate surface area is 252 Å². The van der Waals surface area contributed by atoms with Gasteiger partial charge in [-0.15, -0.1) is 0 Å². The van der Waals surface area contributed by atoms with Crippen LogP contribution in [0, 0.1) is 20.8 Å². The third-order valence-electron chi connectivity index (χ3n) is 7.74. The predicted molar refractivity (Wildman–Crippen MR) is 171 cm³/mol. The molecule has 0 fully saturated rings. The lowest BCUT2D eigenvalue weighted by Gasteiger charge is -2.33. The molecule has 0 heterocycles. The smallest absolute Gasteiger partial charge is 0.243 e. The van der Waals surface area contributed by atoms with Gasteiger partial charge in [0.15, 0.2) is 0 Å². The van der Waals surface area contributed by atoms with E-state index in [0.717, 1.165) is 34.2 Å². The molecule has 0 saturated heterocycles. The maximum Gasteiger partial charge on any atom is 0.243 e. The summed E-state index contributed by atoms with van der Waals surface area (Å²) in [7, 11) is -3.57. The Morgan fingerprint density at radius 2 is 1.55 bits per heavy atom. The van der Waals surface area contributed by atoms with E-state index in [2.05, 4.69) is 5.32 Å². The van der Waals surface area contributed by atoms with Crippen LogP contribution in [0.1, 0.15) is 60.9 Å². The summed E-state index contributed by atoms with van der Waals surface area (Å²) < 4.78 is 26.9. The van der Waals surface area contributed by atoms with Crippen molar-refractivity contribution in [3.05, 3.63) is 101 Å². The van der Waals surface area contributed by atoms with Gasteiger partial charge in [0, 0.05) is 32.0 Å². The third kappa shape index (κ3) is 9.18. The van der Waals surface area contributed by atoms with E-state index >= 15 is 0 Å². The van der Waals surface area contributed by atoms with E-state index in [4.69, 9.17) is 0 Å². The lowest BCUT2D eigenvalue weighted by Crippen LogP contribution is -2.52. The molecule has 0 saturated carbocycles. The summed E-state index contributed by atoms with van der Waals surface area (Å²) in [6, 6.07) is 22.5. The maximum absolute atomic E-state index is 14.0. The number of nitrogens with zero attached hydrogens (tertiary/aromatic N) is 2. The summed E-state index contributed by atoms with van der Waals surface area (Å²) >= 11 is 0. The number of carbonyl (C=O) groups excluding carboxylic acids is 2. The topological polar surface area (TPSA) is 86.8 Å². The molecule has 3 rings (SSSR count). The number of rotatable bonds is 14. The lowest BCUT2D eigenvalue weighted by atomic mass is 10.0. The van der Waals surface area contributed by atoms with Gasteiger partial charge in [-0.25, -0.2) is 8.42 Å². The summed E-state index contributed by atoms with van der Waals surface area (Å²) in [4.78, 5) is 29.3. The first-order chi connectivity index (χ1) is 19.9. The van der Waals surface area contributed by atoms with Crippen LogP contribution in [0.25, 0.3) is 0 Å². The molecule has 2 atom stereocenters. The average molecular weight is 592 g/mol. The highest BCUT2D eigenvalue weighted by atomic mass is 32.2. The second kappa shape index (κ2) is 15.0. The van der Waals surface area contributed by atoms with E-state index < -0.39 is 16.1 Å². The van der Waals surface area contributed by atoms with Crippen molar-refractivity contribution in [2.45, 2.75) is 78.9 Å². The van der Waals surface area contributed by atoms with Crippen molar-refractivity contribution < 1.29 is 18.0 Å². The zero-order valence-corrected chi connectivity index (χ0v) is 26.6. The van der Waals surface area contributed by atoms with Gasteiger partial charge in [0.25, 0.3) is 0 Å². The Morgan fingerprint density at radius 1 is 0.881 bits per heavy atom. The van der Waals surface area contributed by atoms with Crippen LogP contribution in [0.15, 0.2) is 72.8 Å². The quantitative estimate of drug-likeness (QED) is 0.260. The fourth-order valence-electron chi connectivity index (χ4n) is 4.87. The van der Waals surface area contributed by atoms with Crippen LogP contribution in [-0.4, -0.2) is 50.0 Å². The molecule has 3 aromatic rings. The molecule has 7 nitrogen and oxygen atoms in total. The van der Waals surface area contributed by atoms with Crippen LogP contribution in [-0.2, 0) is 32.6 Å². The van der Waals surface area contributed by atoms with Gasteiger partial charge in [-0.3, -0.25) is 13.9 Å². The Hall–Kier alpha value is -3.65. The highest BCUT2D eigenvalue weighted by Crippen LogP contribution is 2.26. The van der Waals surface area contributed by atoms with Crippen molar-refractivity contribution in [3.63, 3.8) is 0 Å². The van der Waals surface area contributed by atoms with Gasteiger partial charge in [-0.1, -0.05) is 79.2 Å². The summed E-state index contributed by atoms with van der Waals surface area (Å²) in [6.45, 7) is 10.3. The monoisotopic (exact) mass is 591 g/mol. The first-order valence-corrected chi connectivity index (χ1v) is 16.5. The van der Waals surface area contributed by atoms with E-state index in [0.29, 0.717) is 18.5 Å². The highest BCUT2D eigenvalue weighted by Gasteiger charge is 2.31. The van der Waals surface area contributed by atoms with Crippen LogP contribution < -0.4 is 9.62 Å². The van der Waals surface area contributed by atoms with Crippen LogP contribution in [0.5, 0.6) is 0 Å². The molecule has 1 N–H and O–H groups in total. The molecular weight excluding hydrogens is 546 g/mol. The molecule has 0 aliphatic carbocycles. The molecule has 0 aliphatic heterocycles. The fraction of sp³-hybridized carbons (Fsp3) is 0.412. The van der Waals surface area contributed by atoms with Gasteiger partial charge in [-0.2, -0.15) is 0 Å². The molecule has 0 aliphatic rings. The van der Waals surface area contributed by atoms with Crippen LogP contribution in [0.4, 0.5) is 5.69 Å². The second-order valence-electron chi connectivity index (χ2n) is 11.2. The molecule has 2 amide bonds. The zero-order valence-electron chi connectivity index (χ0n) is 25.8. The summed E-state index contributed by atoms with van der Waals surface area (Å²) in [6.07, 6.45) is 2.75. The highest BCUT2D eigenvalue weighted by molar-refractivity contribution is 7.92. The van der Waals surface area contributed by atoms with Gasteiger partial charge >= 0.3 is 0 Å². The number of benzene rings is 3. The molecule has 0 unspecified atom stereocenters. The Morgan fingerprint density at radius 3 is 2.17 bits per heavy atom. The third-order valence-corrected chi connectivity index (χ3v) is 8.92. The average Bonchev–Trinajstić information content (AvgIpc) is 2.95. The Bertz CT molecular complexity index is 1440. The minimum Gasteiger partial charge on any atom is -0.352 e. The molecule has 8 heteroatoms. The number of hydrogen-bond acceptors (Lipinski definition) is 4. The van der Waals surface area contributed by atoms with Crippen molar-refractivity contribution in [1.29, 1.82) is 0 Å². The van der Waals surface area contributed by atoms with E-state index in [-0.39, 0.29) is 37.4 Å². The Balaban J connectivity index is 1.90. The van der Waals surface area contributed by atoms with Crippen LogP contribution >= 0.6 is 0 Å². The first-order valence-electron chi connectivity index (χ1n) is 14.6. The molecule has 0 radical (unpaired) electrons. The van der Waals surface area contributed by atoms with Crippen molar-refractivity contribution >= 4 is 27.5 Å². The minimum atomic E-state index is -3.57. The molecular formula is C34H45N3O4S. The van der Waals surface area contributed by atoms with Gasteiger partial charge in [0.05, 0.1) is 11.9 Å². The number of amides is 2. The number of nitrogens with one attached hydrogen (secondary N) is 1. The standard InChI is InChI=1S/C34H45N3O4S/c1-7-27(4)35-34(39)32(23-29-14-9-8-10-15-29)36(24-30-20-18-25(2)19-21-30)33(38)17-12-22-37(42(6,40)41)31-16-11-13-26(3)28(31)5/h8-11,13-16,18-21,27,32H,7,12,17,22-24H2,1-6H3,(H,35,39)/t27-,32-/m1/s1. The fourth-order valence-corrected chi connectivity index (χ4v) is 5.89. The van der Waals surface area contributed by atoms with E-state index in [1.165, 1.54) is 10.6 Å². The molecule has 0 spiro atoms. The number of aryl methyl sites for hydroxylation is 2. The van der Waals surface area contributed by atoms with Gasteiger partial charge in [0.1, 0.15) is 6.04 Å². The first kappa shape index (κ1) is 32.9.